The van der Waals surface area contributed by atoms with E-state index in [2.05, 4.69) is 41.6 Å². The summed E-state index contributed by atoms with van der Waals surface area (Å²) in [6.45, 7) is 5.54. The summed E-state index contributed by atoms with van der Waals surface area (Å²) in [5, 5.41) is 0. The van der Waals surface area contributed by atoms with Crippen molar-refractivity contribution in [1.82, 2.24) is 4.90 Å². The minimum Gasteiger partial charge on any atom is -0.351 e. The van der Waals surface area contributed by atoms with Gasteiger partial charge in [-0.25, -0.2) is 0 Å². The molecule has 0 aromatic heterocycles. The minimum absolute atomic E-state index is 0.605. The zero-order valence-electron chi connectivity index (χ0n) is 10.1. The van der Waals surface area contributed by atoms with Gasteiger partial charge in [-0.3, -0.25) is 0 Å². The topological polar surface area (TPSA) is 29.3 Å². The van der Waals surface area contributed by atoms with Crippen molar-refractivity contribution >= 4 is 0 Å². The van der Waals surface area contributed by atoms with Crippen LogP contribution in [0.3, 0.4) is 0 Å². The van der Waals surface area contributed by atoms with Crippen molar-refractivity contribution in [1.29, 1.82) is 0 Å². The van der Waals surface area contributed by atoms with Crippen LogP contribution >= 0.6 is 0 Å². The van der Waals surface area contributed by atoms with Crippen molar-refractivity contribution in [2.75, 3.05) is 0 Å². The molecular weight excluding hydrogens is 196 g/mol. The Balaban J connectivity index is 2.69. The van der Waals surface area contributed by atoms with Gasteiger partial charge in [0.25, 0.3) is 0 Å². The van der Waals surface area contributed by atoms with Crippen LogP contribution in [-0.4, -0.2) is 4.90 Å². The van der Waals surface area contributed by atoms with Gasteiger partial charge in [-0.15, -0.1) is 0 Å². The van der Waals surface area contributed by atoms with E-state index < -0.39 is 0 Å². The van der Waals surface area contributed by atoms with E-state index in [0.29, 0.717) is 6.54 Å². The lowest BCUT2D eigenvalue weighted by atomic mass is 10.1. The molecule has 1 aromatic carbocycles. The van der Waals surface area contributed by atoms with E-state index in [1.807, 2.05) is 26.0 Å². The number of nitrogens with two attached hydrogens (primary N) is 1. The van der Waals surface area contributed by atoms with Crippen LogP contribution in [0.25, 0.3) is 0 Å². The molecule has 0 unspecified atom stereocenters. The summed E-state index contributed by atoms with van der Waals surface area (Å²) in [4.78, 5) is 2.15. The lowest BCUT2D eigenvalue weighted by molar-refractivity contribution is 0.500. The van der Waals surface area contributed by atoms with Gasteiger partial charge in [0.2, 0.25) is 0 Å². The van der Waals surface area contributed by atoms with Gasteiger partial charge in [-0.2, -0.15) is 0 Å². The predicted octanol–water partition coefficient (Wildman–Crippen LogP) is 3.01. The molecule has 1 rings (SSSR count). The van der Waals surface area contributed by atoms with Crippen molar-refractivity contribution in [2.45, 2.75) is 26.9 Å². The van der Waals surface area contributed by atoms with Crippen LogP contribution in [0.4, 0.5) is 0 Å². The van der Waals surface area contributed by atoms with Crippen molar-refractivity contribution in [3.63, 3.8) is 0 Å². The Bertz CT molecular complexity index is 338. The van der Waals surface area contributed by atoms with Crippen molar-refractivity contribution in [3.8, 4) is 0 Å². The molecule has 0 aliphatic rings. The molecular formula is C14H20N2. The Morgan fingerprint density at radius 3 is 1.94 bits per heavy atom. The van der Waals surface area contributed by atoms with E-state index in [-0.39, 0.29) is 0 Å². The molecule has 0 spiro atoms. The zero-order valence-corrected chi connectivity index (χ0v) is 10.1. The van der Waals surface area contributed by atoms with Gasteiger partial charge in [-0.05, 0) is 37.4 Å². The molecule has 0 fully saturated rings. The first-order chi connectivity index (χ1) is 7.80. The van der Waals surface area contributed by atoms with Crippen molar-refractivity contribution in [2.24, 2.45) is 5.73 Å². The highest BCUT2D eigenvalue weighted by atomic mass is 15.1. The molecule has 16 heavy (non-hydrogen) atoms. The fourth-order valence-corrected chi connectivity index (χ4v) is 1.53. The molecule has 86 valence electrons. The van der Waals surface area contributed by atoms with Gasteiger partial charge in [0.05, 0.1) is 0 Å². The Labute approximate surface area is 98.1 Å². The van der Waals surface area contributed by atoms with Crippen molar-refractivity contribution < 1.29 is 0 Å². The average Bonchev–Trinajstić information content (AvgIpc) is 2.31. The summed E-state index contributed by atoms with van der Waals surface area (Å²) in [6, 6.07) is 8.42. The van der Waals surface area contributed by atoms with Gasteiger partial charge in [0, 0.05) is 13.1 Å². The lowest BCUT2D eigenvalue weighted by Crippen LogP contribution is -2.08. The van der Waals surface area contributed by atoms with Gasteiger partial charge in [0.15, 0.2) is 0 Å². The maximum absolute atomic E-state index is 5.56. The van der Waals surface area contributed by atoms with Crippen LogP contribution in [0.15, 0.2) is 48.8 Å². The Morgan fingerprint density at radius 1 is 1.00 bits per heavy atom. The number of hydrogen-bond donors (Lipinski definition) is 1. The highest BCUT2D eigenvalue weighted by Crippen LogP contribution is 2.08. The second-order valence-electron chi connectivity index (χ2n) is 3.66. The first-order valence-electron chi connectivity index (χ1n) is 5.59. The molecule has 0 heterocycles. The van der Waals surface area contributed by atoms with Crippen LogP contribution in [0.5, 0.6) is 0 Å². The third-order valence-electron chi connectivity index (χ3n) is 2.30. The van der Waals surface area contributed by atoms with E-state index >= 15 is 0 Å². The first kappa shape index (κ1) is 12.5. The Kier molecular flexibility index (Phi) is 5.37. The standard InChI is InChI=1S/C14H20N2/c1-3-9-16(10-4-2)12-14-7-5-13(11-15)6-8-14/h3-10H,11-12,15H2,1-2H3. The molecule has 0 aliphatic heterocycles. The normalized spacial score (nSPS) is 11.4. The summed E-state index contributed by atoms with van der Waals surface area (Å²) < 4.78 is 0. The monoisotopic (exact) mass is 216 g/mol. The molecule has 2 nitrogen and oxygen atoms in total. The average molecular weight is 216 g/mol. The molecule has 0 amide bonds. The van der Waals surface area contributed by atoms with Crippen LogP contribution < -0.4 is 5.73 Å². The predicted molar refractivity (Wildman–Crippen MR) is 69.5 cm³/mol. The smallest absolute Gasteiger partial charge is 0.0469 e. The molecule has 1 aromatic rings. The van der Waals surface area contributed by atoms with E-state index in [1.165, 1.54) is 11.1 Å². The molecule has 0 radical (unpaired) electrons. The van der Waals surface area contributed by atoms with Gasteiger partial charge >= 0.3 is 0 Å². The summed E-state index contributed by atoms with van der Waals surface area (Å²) in [5.41, 5.74) is 8.02. The third-order valence-corrected chi connectivity index (χ3v) is 2.30. The maximum Gasteiger partial charge on any atom is 0.0469 e. The van der Waals surface area contributed by atoms with Gasteiger partial charge < -0.3 is 10.6 Å². The molecule has 0 aliphatic carbocycles. The summed E-state index contributed by atoms with van der Waals surface area (Å²) in [5.74, 6) is 0. The lowest BCUT2D eigenvalue weighted by Gasteiger charge is -2.15. The second-order valence-corrected chi connectivity index (χ2v) is 3.66. The third kappa shape index (κ3) is 3.91. The highest BCUT2D eigenvalue weighted by Gasteiger charge is 1.97. The fraction of sp³-hybridized carbons (Fsp3) is 0.286. The number of allylic oxidation sites excluding steroid dienone is 2. The fourth-order valence-electron chi connectivity index (χ4n) is 1.53. The van der Waals surface area contributed by atoms with Crippen LogP contribution in [0.2, 0.25) is 0 Å². The largest absolute Gasteiger partial charge is 0.351 e. The number of benzene rings is 1. The first-order valence-corrected chi connectivity index (χ1v) is 5.59. The quantitative estimate of drug-likeness (QED) is 0.819. The molecule has 0 bridgehead atoms. The van der Waals surface area contributed by atoms with Gasteiger partial charge in [-0.1, -0.05) is 36.4 Å². The number of nitrogens with zero attached hydrogens (tertiary/aromatic N) is 1. The van der Waals surface area contributed by atoms with E-state index in [4.69, 9.17) is 5.73 Å². The second kappa shape index (κ2) is 6.85. The van der Waals surface area contributed by atoms with E-state index in [1.54, 1.807) is 0 Å². The molecule has 0 saturated heterocycles. The Hall–Kier alpha value is -1.54. The molecule has 2 heteroatoms. The van der Waals surface area contributed by atoms with Crippen LogP contribution in [-0.2, 0) is 13.1 Å². The van der Waals surface area contributed by atoms with Crippen LogP contribution in [0.1, 0.15) is 25.0 Å². The molecule has 2 N–H and O–H groups in total. The van der Waals surface area contributed by atoms with E-state index in [9.17, 15) is 0 Å². The highest BCUT2D eigenvalue weighted by molar-refractivity contribution is 5.22. The van der Waals surface area contributed by atoms with Crippen LogP contribution in [0, 0.1) is 0 Å². The number of hydrogen-bond acceptors (Lipinski definition) is 2. The van der Waals surface area contributed by atoms with E-state index in [0.717, 1.165) is 6.54 Å². The SMILES string of the molecule is CC=CN(C=CC)Cc1ccc(CN)cc1. The molecule has 0 saturated carbocycles. The summed E-state index contributed by atoms with van der Waals surface area (Å²) in [6.07, 6.45) is 8.20. The zero-order chi connectivity index (χ0) is 11.8. The van der Waals surface area contributed by atoms with Gasteiger partial charge in [0.1, 0.15) is 0 Å². The molecule has 0 atom stereocenters. The number of rotatable bonds is 5. The summed E-state index contributed by atoms with van der Waals surface area (Å²) >= 11 is 0. The van der Waals surface area contributed by atoms with Crippen molar-refractivity contribution in [3.05, 3.63) is 59.9 Å². The summed E-state index contributed by atoms with van der Waals surface area (Å²) in [7, 11) is 0. The minimum atomic E-state index is 0.605. The maximum atomic E-state index is 5.56. The Morgan fingerprint density at radius 2 is 1.50 bits per heavy atom.